The summed E-state index contributed by atoms with van der Waals surface area (Å²) in [5.74, 6) is 0. The molecule has 1 aromatic carbocycles. The molecule has 12 heavy (non-hydrogen) atoms. The molecular formula is C10H14NO. The van der Waals surface area contributed by atoms with E-state index in [2.05, 4.69) is 24.1 Å². The molecule has 0 amide bonds. The first-order valence-electron chi connectivity index (χ1n) is 3.87. The van der Waals surface area contributed by atoms with Crippen molar-refractivity contribution < 1.29 is 4.74 Å². The molecule has 1 radical (unpaired) electrons. The van der Waals surface area contributed by atoms with E-state index in [1.54, 1.807) is 0 Å². The van der Waals surface area contributed by atoms with Gasteiger partial charge in [0.15, 0.2) is 0 Å². The maximum atomic E-state index is 4.76. The van der Waals surface area contributed by atoms with Crippen LogP contribution in [0.25, 0.3) is 0 Å². The third kappa shape index (κ3) is 2.24. The fourth-order valence-corrected chi connectivity index (χ4v) is 1.01. The molecule has 1 rings (SSSR count). The van der Waals surface area contributed by atoms with Crippen LogP contribution < -0.4 is 4.90 Å². The second-order valence-electron chi connectivity index (χ2n) is 2.91. The molecule has 0 heterocycles. The van der Waals surface area contributed by atoms with Gasteiger partial charge in [0.2, 0.25) is 0 Å². The lowest BCUT2D eigenvalue weighted by Crippen LogP contribution is -2.08. The van der Waals surface area contributed by atoms with E-state index in [-0.39, 0.29) is 0 Å². The lowest BCUT2D eigenvalue weighted by atomic mass is 10.2. The van der Waals surface area contributed by atoms with Crippen LogP contribution in [0.5, 0.6) is 0 Å². The van der Waals surface area contributed by atoms with Gasteiger partial charge in [-0.25, -0.2) is 0 Å². The summed E-state index contributed by atoms with van der Waals surface area (Å²) in [4.78, 5) is 2.06. The molecule has 0 aliphatic carbocycles. The van der Waals surface area contributed by atoms with Crippen LogP contribution in [-0.2, 0) is 11.3 Å². The Morgan fingerprint density at radius 2 is 1.83 bits per heavy atom. The maximum absolute atomic E-state index is 4.76. The van der Waals surface area contributed by atoms with Gasteiger partial charge in [-0.05, 0) is 17.7 Å². The summed E-state index contributed by atoms with van der Waals surface area (Å²) in [7, 11) is 7.37. The molecule has 0 atom stereocenters. The number of anilines is 1. The van der Waals surface area contributed by atoms with E-state index in [4.69, 9.17) is 4.74 Å². The number of nitrogens with zero attached hydrogens (tertiary/aromatic N) is 1. The average Bonchev–Trinajstić information content (AvgIpc) is 2.06. The van der Waals surface area contributed by atoms with Gasteiger partial charge in [-0.2, -0.15) is 0 Å². The third-order valence-corrected chi connectivity index (χ3v) is 1.72. The standard InChI is InChI=1S/C10H14NO/c1-11(2)10-6-4-9(5-7-10)8-12-3/h4-7H,3,8H2,1-2H3. The first-order chi connectivity index (χ1) is 5.74. The largest absolute Gasteiger partial charge is 0.378 e. The monoisotopic (exact) mass is 164 g/mol. The van der Waals surface area contributed by atoms with Gasteiger partial charge in [-0.15, -0.1) is 0 Å². The Bertz CT molecular complexity index is 228. The molecule has 0 unspecified atom stereocenters. The highest BCUT2D eigenvalue weighted by Crippen LogP contribution is 2.12. The zero-order chi connectivity index (χ0) is 8.97. The highest BCUT2D eigenvalue weighted by atomic mass is 16.5. The molecule has 1 aromatic rings. The van der Waals surface area contributed by atoms with Gasteiger partial charge < -0.3 is 9.64 Å². The number of hydrogen-bond donors (Lipinski definition) is 0. The first-order valence-corrected chi connectivity index (χ1v) is 3.87. The molecule has 0 aliphatic heterocycles. The minimum Gasteiger partial charge on any atom is -0.378 e. The normalized spacial score (nSPS) is 9.92. The van der Waals surface area contributed by atoms with Gasteiger partial charge in [0.25, 0.3) is 0 Å². The average molecular weight is 164 g/mol. The predicted molar refractivity (Wildman–Crippen MR) is 50.9 cm³/mol. The van der Waals surface area contributed by atoms with E-state index in [0.717, 1.165) is 5.56 Å². The molecule has 0 aromatic heterocycles. The van der Waals surface area contributed by atoms with Gasteiger partial charge in [0.05, 0.1) is 13.7 Å². The fourth-order valence-electron chi connectivity index (χ4n) is 1.01. The fraction of sp³-hybridized carbons (Fsp3) is 0.300. The van der Waals surface area contributed by atoms with Gasteiger partial charge in [0.1, 0.15) is 0 Å². The van der Waals surface area contributed by atoms with E-state index in [0.29, 0.717) is 6.61 Å². The van der Waals surface area contributed by atoms with Gasteiger partial charge >= 0.3 is 0 Å². The van der Waals surface area contributed by atoms with E-state index in [1.807, 2.05) is 26.2 Å². The van der Waals surface area contributed by atoms with Crippen LogP contribution in [0.2, 0.25) is 0 Å². The maximum Gasteiger partial charge on any atom is 0.0718 e. The van der Waals surface area contributed by atoms with Crippen molar-refractivity contribution in [2.75, 3.05) is 19.0 Å². The lowest BCUT2D eigenvalue weighted by Gasteiger charge is -2.12. The summed E-state index contributed by atoms with van der Waals surface area (Å²) in [6.45, 7) is 0.577. The van der Waals surface area contributed by atoms with Gasteiger partial charge in [0, 0.05) is 19.8 Å². The Labute approximate surface area is 73.8 Å². The zero-order valence-electron chi connectivity index (χ0n) is 7.58. The molecule has 0 saturated carbocycles. The van der Waals surface area contributed by atoms with Gasteiger partial charge in [-0.1, -0.05) is 12.1 Å². The van der Waals surface area contributed by atoms with Crippen LogP contribution in [0.3, 0.4) is 0 Å². The lowest BCUT2D eigenvalue weighted by molar-refractivity contribution is 0.229. The van der Waals surface area contributed by atoms with Crippen molar-refractivity contribution in [3.63, 3.8) is 0 Å². The van der Waals surface area contributed by atoms with Crippen molar-refractivity contribution in [1.29, 1.82) is 0 Å². The number of rotatable bonds is 3. The van der Waals surface area contributed by atoms with Crippen LogP contribution in [0.1, 0.15) is 5.56 Å². The second-order valence-corrected chi connectivity index (χ2v) is 2.91. The quantitative estimate of drug-likeness (QED) is 0.678. The van der Waals surface area contributed by atoms with E-state index >= 15 is 0 Å². The number of ether oxygens (including phenoxy) is 1. The summed E-state index contributed by atoms with van der Waals surface area (Å²) in [6.07, 6.45) is 0. The van der Waals surface area contributed by atoms with Crippen molar-refractivity contribution >= 4 is 5.69 Å². The Kier molecular flexibility index (Phi) is 3.11. The first kappa shape index (κ1) is 9.07. The molecule has 0 saturated heterocycles. The molecule has 0 aliphatic rings. The molecule has 2 heteroatoms. The summed E-state index contributed by atoms with van der Waals surface area (Å²) in [6, 6.07) is 8.21. The summed E-state index contributed by atoms with van der Waals surface area (Å²) >= 11 is 0. The zero-order valence-corrected chi connectivity index (χ0v) is 7.58. The molecular weight excluding hydrogens is 150 g/mol. The Morgan fingerprint density at radius 3 is 2.25 bits per heavy atom. The van der Waals surface area contributed by atoms with E-state index in [9.17, 15) is 0 Å². The van der Waals surface area contributed by atoms with E-state index in [1.165, 1.54) is 5.69 Å². The Balaban J connectivity index is 2.71. The molecule has 0 spiro atoms. The number of hydrogen-bond acceptors (Lipinski definition) is 2. The molecule has 2 nitrogen and oxygen atoms in total. The van der Waals surface area contributed by atoms with Crippen molar-refractivity contribution in [1.82, 2.24) is 0 Å². The molecule has 0 bridgehead atoms. The van der Waals surface area contributed by atoms with Crippen molar-refractivity contribution in [3.05, 3.63) is 36.9 Å². The highest BCUT2D eigenvalue weighted by molar-refractivity contribution is 5.45. The van der Waals surface area contributed by atoms with E-state index < -0.39 is 0 Å². The van der Waals surface area contributed by atoms with Crippen LogP contribution in [0, 0.1) is 7.11 Å². The number of benzene rings is 1. The highest BCUT2D eigenvalue weighted by Gasteiger charge is 1.94. The predicted octanol–water partition coefficient (Wildman–Crippen LogP) is 2.06. The van der Waals surface area contributed by atoms with Crippen molar-refractivity contribution in [2.45, 2.75) is 6.61 Å². The summed E-state index contributed by atoms with van der Waals surface area (Å²) < 4.78 is 4.76. The smallest absolute Gasteiger partial charge is 0.0718 e. The van der Waals surface area contributed by atoms with Crippen LogP contribution in [-0.4, -0.2) is 14.1 Å². The Hall–Kier alpha value is -1.02. The second kappa shape index (κ2) is 4.12. The molecule has 65 valence electrons. The Morgan fingerprint density at radius 1 is 1.25 bits per heavy atom. The SMILES string of the molecule is [CH2]OCc1ccc(N(C)C)cc1. The van der Waals surface area contributed by atoms with Crippen LogP contribution in [0.4, 0.5) is 5.69 Å². The minimum absolute atomic E-state index is 0.577. The topological polar surface area (TPSA) is 12.5 Å². The summed E-state index contributed by atoms with van der Waals surface area (Å²) in [5, 5.41) is 0. The third-order valence-electron chi connectivity index (χ3n) is 1.72. The van der Waals surface area contributed by atoms with Crippen LogP contribution in [0.15, 0.2) is 24.3 Å². The van der Waals surface area contributed by atoms with Crippen molar-refractivity contribution in [3.8, 4) is 0 Å². The van der Waals surface area contributed by atoms with Crippen molar-refractivity contribution in [2.24, 2.45) is 0 Å². The van der Waals surface area contributed by atoms with Gasteiger partial charge in [-0.3, -0.25) is 0 Å². The minimum atomic E-state index is 0.577. The summed E-state index contributed by atoms with van der Waals surface area (Å²) in [5.41, 5.74) is 2.35. The molecule has 0 N–H and O–H groups in total. The molecule has 0 fully saturated rings. The van der Waals surface area contributed by atoms with Crippen LogP contribution >= 0.6 is 0 Å².